The lowest BCUT2D eigenvalue weighted by Crippen LogP contribution is -2.28. The van der Waals surface area contributed by atoms with Gasteiger partial charge in [-0.05, 0) is 33.0 Å². The van der Waals surface area contributed by atoms with Crippen molar-refractivity contribution in [3.05, 3.63) is 0 Å². The molecule has 3 nitrogen and oxygen atoms in total. The predicted molar refractivity (Wildman–Crippen MR) is 64.0 cm³/mol. The second-order valence-electron chi connectivity index (χ2n) is 3.00. The van der Waals surface area contributed by atoms with Gasteiger partial charge in [0, 0.05) is 26.2 Å². The maximum atomic E-state index is 5.53. The smallest absolute Gasteiger partial charge is 0.325 e. The Kier molecular flexibility index (Phi) is 8.36. The van der Waals surface area contributed by atoms with Gasteiger partial charge >= 0.3 is 9.28 Å². The van der Waals surface area contributed by atoms with Gasteiger partial charge in [0.2, 0.25) is 0 Å². The fraction of sp³-hybridized carbons (Fsp3) is 0.889. The van der Waals surface area contributed by atoms with Gasteiger partial charge in [0.1, 0.15) is 0 Å². The van der Waals surface area contributed by atoms with Crippen molar-refractivity contribution >= 4 is 26.6 Å². The van der Waals surface area contributed by atoms with Crippen molar-refractivity contribution in [2.75, 3.05) is 13.2 Å². The first kappa shape index (κ1) is 14.0. The molecule has 0 heterocycles. The van der Waals surface area contributed by atoms with Gasteiger partial charge in [0.25, 0.3) is 0 Å². The van der Waals surface area contributed by atoms with Crippen molar-refractivity contribution in [3.8, 4) is 0 Å². The molecule has 0 fully saturated rings. The molecule has 0 amide bonds. The van der Waals surface area contributed by atoms with Gasteiger partial charge in [-0.1, -0.05) is 0 Å². The van der Waals surface area contributed by atoms with Crippen LogP contribution in [0.1, 0.15) is 27.7 Å². The van der Waals surface area contributed by atoms with Crippen molar-refractivity contribution in [2.24, 2.45) is 0 Å². The molecule has 0 aliphatic carbocycles. The Morgan fingerprint density at radius 3 is 2.14 bits per heavy atom. The molecular weight excluding hydrogens is 216 g/mol. The van der Waals surface area contributed by atoms with Gasteiger partial charge in [-0.15, -0.1) is 0 Å². The molecule has 0 aromatic heterocycles. The average molecular weight is 236 g/mol. The third-order valence-electron chi connectivity index (χ3n) is 1.60. The second-order valence-corrected chi connectivity index (χ2v) is 5.57. The molecule has 1 unspecified atom stereocenters. The van der Waals surface area contributed by atoms with Crippen LogP contribution < -0.4 is 0 Å². The van der Waals surface area contributed by atoms with Crippen LogP contribution in [0.15, 0.2) is 0 Å². The first-order chi connectivity index (χ1) is 6.60. The molecule has 0 radical (unpaired) electrons. The van der Waals surface area contributed by atoms with Gasteiger partial charge in [0.15, 0.2) is 5.05 Å². The molecular formula is C9H20O3SSi. The lowest BCUT2D eigenvalue weighted by Gasteiger charge is -2.19. The Bertz CT molecular complexity index is 160. The Labute approximate surface area is 93.6 Å². The molecule has 0 aromatic rings. The van der Waals surface area contributed by atoms with Gasteiger partial charge in [-0.25, -0.2) is 0 Å². The van der Waals surface area contributed by atoms with Crippen molar-refractivity contribution < 1.29 is 13.6 Å². The summed E-state index contributed by atoms with van der Waals surface area (Å²) >= 11 is 4.87. The maximum absolute atomic E-state index is 5.53. The van der Waals surface area contributed by atoms with Crippen LogP contribution in [0.25, 0.3) is 0 Å². The molecule has 0 aromatic carbocycles. The largest absolute Gasteiger partial charge is 0.485 e. The lowest BCUT2D eigenvalue weighted by molar-refractivity contribution is 0.179. The van der Waals surface area contributed by atoms with Crippen molar-refractivity contribution in [1.29, 1.82) is 0 Å². The zero-order valence-corrected chi connectivity index (χ0v) is 11.4. The second kappa shape index (κ2) is 8.34. The summed E-state index contributed by atoms with van der Waals surface area (Å²) in [5, 5.41) is 0.582. The van der Waals surface area contributed by atoms with Crippen LogP contribution in [0.3, 0.4) is 0 Å². The van der Waals surface area contributed by atoms with E-state index in [9.17, 15) is 0 Å². The van der Waals surface area contributed by atoms with Crippen molar-refractivity contribution in [2.45, 2.75) is 39.8 Å². The van der Waals surface area contributed by atoms with Gasteiger partial charge < -0.3 is 13.6 Å². The first-order valence-corrected chi connectivity index (χ1v) is 7.17. The third kappa shape index (κ3) is 7.43. The molecule has 1 atom stereocenters. The number of hydrogen-bond donors (Lipinski definition) is 0. The molecule has 0 N–H and O–H groups in total. The highest BCUT2D eigenvalue weighted by molar-refractivity contribution is 7.80. The summed E-state index contributed by atoms with van der Waals surface area (Å²) in [6.07, 6.45) is 0.0993. The molecule has 5 heteroatoms. The first-order valence-electron chi connectivity index (χ1n) is 5.00. The summed E-state index contributed by atoms with van der Waals surface area (Å²) < 4.78 is 16.4. The molecule has 0 rings (SSSR count). The van der Waals surface area contributed by atoms with Gasteiger partial charge in [-0.3, -0.25) is 0 Å². The van der Waals surface area contributed by atoms with Crippen LogP contribution in [0, 0.1) is 0 Å². The van der Waals surface area contributed by atoms with E-state index < -0.39 is 9.28 Å². The summed E-state index contributed by atoms with van der Waals surface area (Å²) in [6.45, 7) is 9.15. The molecule has 0 spiro atoms. The number of thiocarbonyl (C=S) groups is 1. The fourth-order valence-corrected chi connectivity index (χ4v) is 3.07. The highest BCUT2D eigenvalue weighted by Crippen LogP contribution is 2.06. The molecule has 0 saturated carbocycles. The zero-order valence-electron chi connectivity index (χ0n) is 9.41. The van der Waals surface area contributed by atoms with E-state index in [0.29, 0.717) is 18.3 Å². The highest BCUT2D eigenvalue weighted by Gasteiger charge is 2.17. The average Bonchev–Trinajstić information content (AvgIpc) is 2.03. The predicted octanol–water partition coefficient (Wildman–Crippen LogP) is 2.03. The summed E-state index contributed by atoms with van der Waals surface area (Å²) in [5.74, 6) is 0. The minimum atomic E-state index is -1.54. The van der Waals surface area contributed by atoms with E-state index in [1.807, 2.05) is 20.8 Å². The SMILES string of the molecule is CCO[SiH](CC(C)OC(C)=S)OCC. The van der Waals surface area contributed by atoms with E-state index in [2.05, 4.69) is 0 Å². The molecule has 14 heavy (non-hydrogen) atoms. The topological polar surface area (TPSA) is 27.7 Å². The van der Waals surface area contributed by atoms with E-state index in [0.717, 1.165) is 6.04 Å². The van der Waals surface area contributed by atoms with Crippen LogP contribution in [0.4, 0.5) is 0 Å². The molecule has 0 bridgehead atoms. The van der Waals surface area contributed by atoms with E-state index in [1.165, 1.54) is 0 Å². The standard InChI is InChI=1S/C9H20O3SSi/c1-5-10-14(11-6-2)7-8(3)12-9(4)13/h8,14H,5-7H2,1-4H3. The van der Waals surface area contributed by atoms with Crippen molar-refractivity contribution in [3.63, 3.8) is 0 Å². The minimum absolute atomic E-state index is 0.0993. The van der Waals surface area contributed by atoms with E-state index in [-0.39, 0.29) is 6.10 Å². The Hall–Kier alpha value is 0.0269. The Balaban J connectivity index is 3.81. The summed E-state index contributed by atoms with van der Waals surface area (Å²) in [6, 6.07) is 0.843. The lowest BCUT2D eigenvalue weighted by atomic mass is 10.5. The maximum Gasteiger partial charge on any atom is 0.325 e. The third-order valence-corrected chi connectivity index (χ3v) is 4.15. The normalized spacial score (nSPS) is 12.9. The Morgan fingerprint density at radius 2 is 1.79 bits per heavy atom. The minimum Gasteiger partial charge on any atom is -0.485 e. The Morgan fingerprint density at radius 1 is 1.29 bits per heavy atom. The van der Waals surface area contributed by atoms with E-state index in [1.54, 1.807) is 6.92 Å². The summed E-state index contributed by atoms with van der Waals surface area (Å²) in [5.41, 5.74) is 0. The molecule has 0 saturated heterocycles. The van der Waals surface area contributed by atoms with Crippen LogP contribution in [0.2, 0.25) is 6.04 Å². The van der Waals surface area contributed by atoms with Gasteiger partial charge in [-0.2, -0.15) is 0 Å². The quantitative estimate of drug-likeness (QED) is 0.499. The molecule has 0 aliphatic rings. The number of ether oxygens (including phenoxy) is 1. The fourth-order valence-electron chi connectivity index (χ4n) is 1.16. The monoisotopic (exact) mass is 236 g/mol. The number of rotatable bonds is 7. The molecule has 0 aliphatic heterocycles. The summed E-state index contributed by atoms with van der Waals surface area (Å²) in [7, 11) is -1.54. The zero-order chi connectivity index (χ0) is 11.0. The van der Waals surface area contributed by atoms with E-state index >= 15 is 0 Å². The van der Waals surface area contributed by atoms with Crippen LogP contribution in [-0.2, 0) is 13.6 Å². The summed E-state index contributed by atoms with van der Waals surface area (Å²) in [4.78, 5) is 0. The number of hydrogen-bond acceptors (Lipinski definition) is 4. The van der Waals surface area contributed by atoms with Gasteiger partial charge in [0.05, 0.1) is 6.10 Å². The highest BCUT2D eigenvalue weighted by atomic mass is 32.1. The van der Waals surface area contributed by atoms with Crippen LogP contribution in [0.5, 0.6) is 0 Å². The van der Waals surface area contributed by atoms with Crippen LogP contribution >= 0.6 is 12.2 Å². The van der Waals surface area contributed by atoms with Crippen LogP contribution in [-0.4, -0.2) is 33.7 Å². The molecule has 84 valence electrons. The van der Waals surface area contributed by atoms with Crippen molar-refractivity contribution in [1.82, 2.24) is 0 Å². The van der Waals surface area contributed by atoms with E-state index in [4.69, 9.17) is 25.8 Å².